The molecule has 1 heterocycles. The third-order valence-corrected chi connectivity index (χ3v) is 3.38. The standard InChI is InChI=1S/C15H20BrN3O/c1-10-5-6-11(16)9-12(10)14-19-18-13(20-14)7-8-17-15(2,3)4/h5-6,9,17H,7-8H2,1-4H3. The van der Waals surface area contributed by atoms with Crippen molar-refractivity contribution in [1.82, 2.24) is 15.5 Å². The van der Waals surface area contributed by atoms with Crippen LogP contribution in [0.5, 0.6) is 0 Å². The molecule has 0 saturated carbocycles. The topological polar surface area (TPSA) is 51.0 Å². The average molecular weight is 338 g/mol. The van der Waals surface area contributed by atoms with Gasteiger partial charge >= 0.3 is 0 Å². The van der Waals surface area contributed by atoms with E-state index in [1.165, 1.54) is 0 Å². The van der Waals surface area contributed by atoms with Gasteiger partial charge in [-0.15, -0.1) is 10.2 Å². The van der Waals surface area contributed by atoms with Crippen LogP contribution in [-0.4, -0.2) is 22.3 Å². The Morgan fingerprint density at radius 3 is 2.70 bits per heavy atom. The molecule has 0 bridgehead atoms. The molecule has 2 rings (SSSR count). The third-order valence-electron chi connectivity index (χ3n) is 2.89. The van der Waals surface area contributed by atoms with Gasteiger partial charge in [-0.1, -0.05) is 22.0 Å². The average Bonchev–Trinajstić information content (AvgIpc) is 2.79. The SMILES string of the molecule is Cc1ccc(Br)cc1-c1nnc(CCNC(C)(C)C)o1. The van der Waals surface area contributed by atoms with Crippen molar-refractivity contribution in [3.05, 3.63) is 34.1 Å². The van der Waals surface area contributed by atoms with Crippen molar-refractivity contribution in [3.8, 4) is 11.5 Å². The predicted molar refractivity (Wildman–Crippen MR) is 83.6 cm³/mol. The maximum Gasteiger partial charge on any atom is 0.248 e. The molecule has 1 aromatic heterocycles. The summed E-state index contributed by atoms with van der Waals surface area (Å²) in [5, 5.41) is 11.7. The third kappa shape index (κ3) is 4.15. The van der Waals surface area contributed by atoms with Crippen LogP contribution in [0.15, 0.2) is 27.1 Å². The Bertz CT molecular complexity index is 587. The zero-order valence-electron chi connectivity index (χ0n) is 12.3. The molecule has 0 unspecified atom stereocenters. The highest BCUT2D eigenvalue weighted by Crippen LogP contribution is 2.25. The number of aryl methyl sites for hydroxylation is 1. The van der Waals surface area contributed by atoms with E-state index in [2.05, 4.69) is 52.2 Å². The van der Waals surface area contributed by atoms with Crippen LogP contribution >= 0.6 is 15.9 Å². The second kappa shape index (κ2) is 6.06. The maximum absolute atomic E-state index is 5.74. The second-order valence-corrected chi connectivity index (χ2v) is 6.80. The van der Waals surface area contributed by atoms with Gasteiger partial charge in [0.05, 0.1) is 0 Å². The maximum atomic E-state index is 5.74. The van der Waals surface area contributed by atoms with Gasteiger partial charge in [-0.3, -0.25) is 0 Å². The Hall–Kier alpha value is -1.20. The fraction of sp³-hybridized carbons (Fsp3) is 0.467. The minimum absolute atomic E-state index is 0.101. The molecular formula is C15H20BrN3O. The molecule has 4 nitrogen and oxygen atoms in total. The first-order valence-corrected chi connectivity index (χ1v) is 7.48. The number of benzene rings is 1. The lowest BCUT2D eigenvalue weighted by atomic mass is 10.1. The molecule has 2 aromatic rings. The van der Waals surface area contributed by atoms with Crippen LogP contribution in [-0.2, 0) is 6.42 Å². The van der Waals surface area contributed by atoms with E-state index in [1.54, 1.807) is 0 Å². The zero-order chi connectivity index (χ0) is 14.8. The van der Waals surface area contributed by atoms with Gasteiger partial charge in [0.15, 0.2) is 0 Å². The Morgan fingerprint density at radius 1 is 1.25 bits per heavy atom. The number of aromatic nitrogens is 2. The lowest BCUT2D eigenvalue weighted by molar-refractivity contribution is 0.412. The van der Waals surface area contributed by atoms with Gasteiger partial charge in [-0.2, -0.15) is 0 Å². The van der Waals surface area contributed by atoms with E-state index in [4.69, 9.17) is 4.42 Å². The first-order chi connectivity index (χ1) is 9.35. The molecule has 0 saturated heterocycles. The molecule has 1 aromatic carbocycles. The van der Waals surface area contributed by atoms with Crippen LogP contribution in [0.25, 0.3) is 11.5 Å². The van der Waals surface area contributed by atoms with Crippen molar-refractivity contribution < 1.29 is 4.42 Å². The second-order valence-electron chi connectivity index (χ2n) is 5.89. The van der Waals surface area contributed by atoms with Gasteiger partial charge in [0.25, 0.3) is 0 Å². The first kappa shape index (κ1) is 15.2. The summed E-state index contributed by atoms with van der Waals surface area (Å²) >= 11 is 3.46. The summed E-state index contributed by atoms with van der Waals surface area (Å²) in [5.41, 5.74) is 2.20. The number of hydrogen-bond donors (Lipinski definition) is 1. The van der Waals surface area contributed by atoms with Crippen LogP contribution in [0.3, 0.4) is 0 Å². The summed E-state index contributed by atoms with van der Waals surface area (Å²) in [6.45, 7) is 9.26. The van der Waals surface area contributed by atoms with Crippen LogP contribution < -0.4 is 5.32 Å². The Labute approximate surface area is 128 Å². The lowest BCUT2D eigenvalue weighted by Gasteiger charge is -2.19. The Kier molecular flexibility index (Phi) is 4.60. The molecule has 0 aliphatic heterocycles. The number of nitrogens with one attached hydrogen (secondary N) is 1. The van der Waals surface area contributed by atoms with E-state index in [0.717, 1.165) is 28.6 Å². The highest BCUT2D eigenvalue weighted by atomic mass is 79.9. The normalized spacial score (nSPS) is 11.8. The Balaban J connectivity index is 2.07. The number of nitrogens with zero attached hydrogens (tertiary/aromatic N) is 2. The van der Waals surface area contributed by atoms with Gasteiger partial charge in [0, 0.05) is 28.5 Å². The summed E-state index contributed by atoms with van der Waals surface area (Å²) in [4.78, 5) is 0. The molecule has 0 aliphatic carbocycles. The first-order valence-electron chi connectivity index (χ1n) is 6.69. The molecule has 0 radical (unpaired) electrons. The minimum atomic E-state index is 0.101. The molecule has 1 N–H and O–H groups in total. The summed E-state index contributed by atoms with van der Waals surface area (Å²) in [5.74, 6) is 1.24. The summed E-state index contributed by atoms with van der Waals surface area (Å²) in [6.07, 6.45) is 0.733. The van der Waals surface area contributed by atoms with Gasteiger partial charge in [0.1, 0.15) is 0 Å². The van der Waals surface area contributed by atoms with Gasteiger partial charge in [0.2, 0.25) is 11.8 Å². The van der Waals surface area contributed by atoms with Gasteiger partial charge in [-0.25, -0.2) is 0 Å². The number of halogens is 1. The molecule has 20 heavy (non-hydrogen) atoms. The smallest absolute Gasteiger partial charge is 0.248 e. The van der Waals surface area contributed by atoms with Crippen LogP contribution in [0.1, 0.15) is 32.2 Å². The molecular weight excluding hydrogens is 318 g/mol. The molecule has 0 aliphatic rings. The fourth-order valence-electron chi connectivity index (χ4n) is 1.83. The summed E-state index contributed by atoms with van der Waals surface area (Å²) in [7, 11) is 0. The van der Waals surface area contributed by atoms with E-state index in [-0.39, 0.29) is 5.54 Å². The van der Waals surface area contributed by atoms with E-state index in [9.17, 15) is 0 Å². The quantitative estimate of drug-likeness (QED) is 0.923. The van der Waals surface area contributed by atoms with Crippen molar-refractivity contribution in [2.45, 2.75) is 39.7 Å². The molecule has 0 fully saturated rings. The Morgan fingerprint density at radius 2 is 2.00 bits per heavy atom. The molecule has 0 atom stereocenters. The van der Waals surface area contributed by atoms with Crippen molar-refractivity contribution in [2.24, 2.45) is 0 Å². The molecule has 108 valence electrons. The van der Waals surface area contributed by atoms with Crippen LogP contribution in [0, 0.1) is 6.92 Å². The lowest BCUT2D eigenvalue weighted by Crippen LogP contribution is -2.37. The van der Waals surface area contributed by atoms with E-state index < -0.39 is 0 Å². The monoisotopic (exact) mass is 337 g/mol. The van der Waals surface area contributed by atoms with Gasteiger partial charge < -0.3 is 9.73 Å². The molecule has 5 heteroatoms. The van der Waals surface area contributed by atoms with Crippen LogP contribution in [0.2, 0.25) is 0 Å². The largest absolute Gasteiger partial charge is 0.421 e. The van der Waals surface area contributed by atoms with Gasteiger partial charge in [-0.05, 0) is 45.4 Å². The van der Waals surface area contributed by atoms with Crippen molar-refractivity contribution in [1.29, 1.82) is 0 Å². The molecule has 0 amide bonds. The predicted octanol–water partition coefficient (Wildman–Crippen LogP) is 3.74. The van der Waals surface area contributed by atoms with Crippen molar-refractivity contribution in [3.63, 3.8) is 0 Å². The zero-order valence-corrected chi connectivity index (χ0v) is 13.9. The fourth-order valence-corrected chi connectivity index (χ4v) is 2.19. The molecule has 0 spiro atoms. The minimum Gasteiger partial charge on any atom is -0.421 e. The highest BCUT2D eigenvalue weighted by molar-refractivity contribution is 9.10. The van der Waals surface area contributed by atoms with E-state index >= 15 is 0 Å². The number of hydrogen-bond acceptors (Lipinski definition) is 4. The number of rotatable bonds is 4. The van der Waals surface area contributed by atoms with Crippen LogP contribution in [0.4, 0.5) is 0 Å². The van der Waals surface area contributed by atoms with E-state index in [0.29, 0.717) is 11.8 Å². The summed E-state index contributed by atoms with van der Waals surface area (Å²) in [6, 6.07) is 6.04. The van der Waals surface area contributed by atoms with Crippen molar-refractivity contribution >= 4 is 15.9 Å². The van der Waals surface area contributed by atoms with Crippen molar-refractivity contribution in [2.75, 3.05) is 6.54 Å². The highest BCUT2D eigenvalue weighted by Gasteiger charge is 2.13. The van der Waals surface area contributed by atoms with E-state index in [1.807, 2.05) is 25.1 Å². The summed E-state index contributed by atoms with van der Waals surface area (Å²) < 4.78 is 6.74.